The number of nitrogens with one attached hydrogen (secondary N) is 1. The van der Waals surface area contributed by atoms with Crippen molar-refractivity contribution < 1.29 is 4.79 Å². The fraction of sp³-hybridized carbons (Fsp3) is 0.632. The molecule has 23 heavy (non-hydrogen) atoms. The van der Waals surface area contributed by atoms with E-state index in [1.54, 1.807) is 0 Å². The molecular weight excluding hydrogens is 308 g/mol. The number of carbonyl (C=O) groups excluding carboxylic acids is 1. The predicted molar refractivity (Wildman–Crippen MR) is 96.7 cm³/mol. The molecule has 1 aromatic carbocycles. The molecule has 3 rings (SSSR count). The Hall–Kier alpha value is -1.06. The minimum absolute atomic E-state index is 0. The van der Waals surface area contributed by atoms with Crippen LogP contribution in [0.15, 0.2) is 30.3 Å². The summed E-state index contributed by atoms with van der Waals surface area (Å²) in [5, 5.41) is 3.41. The first-order valence-electron chi connectivity index (χ1n) is 8.57. The summed E-state index contributed by atoms with van der Waals surface area (Å²) in [6, 6.07) is 10.6. The molecule has 4 heteroatoms. The van der Waals surface area contributed by atoms with E-state index in [0.29, 0.717) is 17.2 Å². The third-order valence-corrected chi connectivity index (χ3v) is 5.62. The van der Waals surface area contributed by atoms with Gasteiger partial charge in [0.1, 0.15) is 0 Å². The Morgan fingerprint density at radius 3 is 2.39 bits per heavy atom. The molecule has 1 heterocycles. The van der Waals surface area contributed by atoms with Crippen LogP contribution < -0.4 is 5.32 Å². The van der Waals surface area contributed by atoms with Gasteiger partial charge in [0.15, 0.2) is 0 Å². The highest BCUT2D eigenvalue weighted by molar-refractivity contribution is 5.85. The van der Waals surface area contributed by atoms with Gasteiger partial charge in [0.2, 0.25) is 5.91 Å². The molecule has 1 N–H and O–H groups in total. The maximum Gasteiger partial charge on any atom is 0.226 e. The number of nitrogens with zero attached hydrogens (tertiary/aromatic N) is 1. The largest absolute Gasteiger partial charge is 0.338 e. The Bertz CT molecular complexity index is 525. The van der Waals surface area contributed by atoms with Crippen LogP contribution in [0.1, 0.15) is 44.7 Å². The fourth-order valence-electron chi connectivity index (χ4n) is 4.26. The van der Waals surface area contributed by atoms with E-state index in [2.05, 4.69) is 43.4 Å². The average Bonchev–Trinajstić information content (AvgIpc) is 3.21. The SMILES string of the molecule is CC(C)C(c1ccccc1)N(C)C(=O)C1CC12CCNCC2.Cl. The smallest absolute Gasteiger partial charge is 0.226 e. The summed E-state index contributed by atoms with van der Waals surface area (Å²) in [7, 11) is 1.99. The van der Waals surface area contributed by atoms with Crippen LogP contribution in [0.25, 0.3) is 0 Å². The van der Waals surface area contributed by atoms with Crippen molar-refractivity contribution in [3.05, 3.63) is 35.9 Å². The van der Waals surface area contributed by atoms with E-state index in [1.807, 2.05) is 18.0 Å². The van der Waals surface area contributed by atoms with Gasteiger partial charge < -0.3 is 10.2 Å². The van der Waals surface area contributed by atoms with Crippen molar-refractivity contribution in [2.45, 2.75) is 39.2 Å². The highest BCUT2D eigenvalue weighted by atomic mass is 35.5. The number of halogens is 1. The summed E-state index contributed by atoms with van der Waals surface area (Å²) in [4.78, 5) is 15.0. The van der Waals surface area contributed by atoms with Crippen molar-refractivity contribution in [2.24, 2.45) is 17.3 Å². The van der Waals surface area contributed by atoms with E-state index in [1.165, 1.54) is 5.56 Å². The summed E-state index contributed by atoms with van der Waals surface area (Å²) in [6.45, 7) is 6.54. The van der Waals surface area contributed by atoms with Gasteiger partial charge in [-0.2, -0.15) is 0 Å². The van der Waals surface area contributed by atoms with Crippen molar-refractivity contribution in [3.8, 4) is 0 Å². The van der Waals surface area contributed by atoms with Gasteiger partial charge in [0.25, 0.3) is 0 Å². The summed E-state index contributed by atoms with van der Waals surface area (Å²) in [5.41, 5.74) is 1.56. The van der Waals surface area contributed by atoms with Gasteiger partial charge in [0.05, 0.1) is 6.04 Å². The second-order valence-electron chi connectivity index (χ2n) is 7.42. The molecule has 3 nitrogen and oxygen atoms in total. The number of hydrogen-bond acceptors (Lipinski definition) is 2. The monoisotopic (exact) mass is 336 g/mol. The lowest BCUT2D eigenvalue weighted by Crippen LogP contribution is -2.38. The van der Waals surface area contributed by atoms with Crippen LogP contribution in [0.2, 0.25) is 0 Å². The Morgan fingerprint density at radius 1 is 1.22 bits per heavy atom. The van der Waals surface area contributed by atoms with Crippen molar-refractivity contribution >= 4 is 18.3 Å². The molecule has 2 aliphatic rings. The molecule has 0 aromatic heterocycles. The van der Waals surface area contributed by atoms with Crippen LogP contribution in [-0.4, -0.2) is 30.9 Å². The van der Waals surface area contributed by atoms with Crippen LogP contribution in [0.5, 0.6) is 0 Å². The standard InChI is InChI=1S/C19H28N2O.ClH/c1-14(2)17(15-7-5-4-6-8-15)21(3)18(22)16-13-19(16)9-11-20-12-10-19;/h4-8,14,16-17,20H,9-13H2,1-3H3;1H. The highest BCUT2D eigenvalue weighted by Gasteiger charge is 2.58. The molecule has 1 aliphatic heterocycles. The molecule has 1 aliphatic carbocycles. The minimum Gasteiger partial charge on any atom is -0.338 e. The summed E-state index contributed by atoms with van der Waals surface area (Å²) >= 11 is 0. The number of piperidine rings is 1. The number of hydrogen-bond donors (Lipinski definition) is 1. The molecule has 1 saturated heterocycles. The molecule has 1 spiro atoms. The van der Waals surface area contributed by atoms with Gasteiger partial charge in [-0.1, -0.05) is 44.2 Å². The normalized spacial score (nSPS) is 23.2. The van der Waals surface area contributed by atoms with Gasteiger partial charge in [-0.05, 0) is 49.2 Å². The second-order valence-corrected chi connectivity index (χ2v) is 7.42. The molecule has 1 saturated carbocycles. The quantitative estimate of drug-likeness (QED) is 0.910. The Morgan fingerprint density at radius 2 is 1.83 bits per heavy atom. The van der Waals surface area contributed by atoms with Crippen molar-refractivity contribution in [2.75, 3.05) is 20.1 Å². The van der Waals surface area contributed by atoms with Crippen LogP contribution in [-0.2, 0) is 4.79 Å². The van der Waals surface area contributed by atoms with E-state index >= 15 is 0 Å². The third-order valence-electron chi connectivity index (χ3n) is 5.62. The lowest BCUT2D eigenvalue weighted by molar-refractivity contribution is -0.135. The maximum absolute atomic E-state index is 13.0. The Labute approximate surface area is 146 Å². The van der Waals surface area contributed by atoms with Gasteiger partial charge in [-0.15, -0.1) is 12.4 Å². The topological polar surface area (TPSA) is 32.3 Å². The van der Waals surface area contributed by atoms with Gasteiger partial charge in [-0.3, -0.25) is 4.79 Å². The maximum atomic E-state index is 13.0. The van der Waals surface area contributed by atoms with E-state index in [4.69, 9.17) is 0 Å². The summed E-state index contributed by atoms with van der Waals surface area (Å²) in [6.07, 6.45) is 3.42. The zero-order valence-electron chi connectivity index (χ0n) is 14.4. The molecule has 2 unspecified atom stereocenters. The first-order chi connectivity index (χ1) is 10.6. The van der Waals surface area contributed by atoms with Crippen LogP contribution in [0, 0.1) is 17.3 Å². The van der Waals surface area contributed by atoms with E-state index < -0.39 is 0 Å². The Balaban J connectivity index is 0.00000192. The average molecular weight is 337 g/mol. The lowest BCUT2D eigenvalue weighted by atomic mass is 9.90. The van der Waals surface area contributed by atoms with Crippen molar-refractivity contribution in [3.63, 3.8) is 0 Å². The Kier molecular flexibility index (Phi) is 5.74. The predicted octanol–water partition coefficient (Wildman–Crippen LogP) is 3.65. The highest BCUT2D eigenvalue weighted by Crippen LogP contribution is 2.59. The van der Waals surface area contributed by atoms with E-state index in [0.717, 1.165) is 32.4 Å². The molecule has 1 amide bonds. The molecule has 2 atom stereocenters. The molecule has 128 valence electrons. The van der Waals surface area contributed by atoms with Crippen LogP contribution in [0.4, 0.5) is 0 Å². The van der Waals surface area contributed by atoms with Crippen molar-refractivity contribution in [1.82, 2.24) is 10.2 Å². The lowest BCUT2D eigenvalue weighted by Gasteiger charge is -2.33. The van der Waals surface area contributed by atoms with Gasteiger partial charge in [-0.25, -0.2) is 0 Å². The van der Waals surface area contributed by atoms with E-state index in [-0.39, 0.29) is 24.4 Å². The zero-order chi connectivity index (χ0) is 15.7. The van der Waals surface area contributed by atoms with Gasteiger partial charge >= 0.3 is 0 Å². The van der Waals surface area contributed by atoms with Crippen LogP contribution >= 0.6 is 12.4 Å². The van der Waals surface area contributed by atoms with Crippen LogP contribution in [0.3, 0.4) is 0 Å². The minimum atomic E-state index is 0. The molecule has 0 radical (unpaired) electrons. The van der Waals surface area contributed by atoms with E-state index in [9.17, 15) is 4.79 Å². The molecule has 0 bridgehead atoms. The van der Waals surface area contributed by atoms with Crippen molar-refractivity contribution in [1.29, 1.82) is 0 Å². The number of benzene rings is 1. The molecule has 1 aromatic rings. The zero-order valence-corrected chi connectivity index (χ0v) is 15.2. The summed E-state index contributed by atoms with van der Waals surface area (Å²) in [5.74, 6) is 1.02. The number of amides is 1. The summed E-state index contributed by atoms with van der Waals surface area (Å²) < 4.78 is 0. The molecular formula is C19H29ClN2O. The molecule has 2 fully saturated rings. The first-order valence-corrected chi connectivity index (χ1v) is 8.57. The number of rotatable bonds is 4. The third kappa shape index (κ3) is 3.56. The second kappa shape index (κ2) is 7.23. The fourth-order valence-corrected chi connectivity index (χ4v) is 4.26. The van der Waals surface area contributed by atoms with Gasteiger partial charge in [0, 0.05) is 13.0 Å². The number of carbonyl (C=O) groups is 1. The first kappa shape index (κ1) is 18.3.